The maximum atomic E-state index is 12.3. The van der Waals surface area contributed by atoms with Gasteiger partial charge in [-0.15, -0.1) is 0 Å². The van der Waals surface area contributed by atoms with Gasteiger partial charge >= 0.3 is 0 Å². The fourth-order valence-electron chi connectivity index (χ4n) is 2.81. The van der Waals surface area contributed by atoms with E-state index in [4.69, 9.17) is 0 Å². The summed E-state index contributed by atoms with van der Waals surface area (Å²) in [4.78, 5) is 12.3. The Kier molecular flexibility index (Phi) is 5.45. The first-order valence-corrected chi connectivity index (χ1v) is 7.84. The van der Waals surface area contributed by atoms with Gasteiger partial charge in [0.15, 0.2) is 0 Å². The summed E-state index contributed by atoms with van der Waals surface area (Å²) >= 11 is 0. The van der Waals surface area contributed by atoms with Crippen molar-refractivity contribution in [1.29, 1.82) is 0 Å². The number of unbranched alkanes of at least 4 members (excludes halogenated alkanes) is 3. The summed E-state index contributed by atoms with van der Waals surface area (Å²) in [5.41, 5.74) is 2.42. The van der Waals surface area contributed by atoms with Gasteiger partial charge in [-0.05, 0) is 31.4 Å². The number of benzene rings is 1. The number of para-hydroxylation sites is 1. The van der Waals surface area contributed by atoms with E-state index in [0.717, 1.165) is 19.4 Å². The van der Waals surface area contributed by atoms with E-state index < -0.39 is 0 Å². The number of carbonyl (C=O) groups is 1. The summed E-state index contributed by atoms with van der Waals surface area (Å²) in [6.45, 7) is 5.10. The molecule has 2 N–H and O–H groups in total. The lowest BCUT2D eigenvalue weighted by molar-refractivity contribution is -0.125. The minimum Gasteiger partial charge on any atom is -0.382 e. The van der Waals surface area contributed by atoms with Crippen molar-refractivity contribution in [3.8, 4) is 0 Å². The van der Waals surface area contributed by atoms with Crippen LogP contribution in [0.4, 0.5) is 5.69 Å². The molecule has 1 aliphatic heterocycles. The highest BCUT2D eigenvalue weighted by Crippen LogP contribution is 2.28. The molecule has 0 spiro atoms. The first-order valence-electron chi connectivity index (χ1n) is 7.84. The molecule has 0 saturated heterocycles. The number of hydrogen-bond donors (Lipinski definition) is 2. The Balaban J connectivity index is 1.85. The van der Waals surface area contributed by atoms with Crippen LogP contribution in [-0.4, -0.2) is 18.5 Å². The Morgan fingerprint density at radius 2 is 2.10 bits per heavy atom. The van der Waals surface area contributed by atoms with Crippen LogP contribution in [-0.2, 0) is 11.2 Å². The molecule has 0 radical (unpaired) electrons. The third-order valence-corrected chi connectivity index (χ3v) is 4.11. The summed E-state index contributed by atoms with van der Waals surface area (Å²) in [6, 6.07) is 8.46. The van der Waals surface area contributed by atoms with Crippen molar-refractivity contribution in [2.24, 2.45) is 5.92 Å². The van der Waals surface area contributed by atoms with E-state index in [1.807, 2.05) is 12.1 Å². The van der Waals surface area contributed by atoms with Gasteiger partial charge in [0.05, 0.1) is 5.92 Å². The molecule has 0 saturated carbocycles. The van der Waals surface area contributed by atoms with Crippen LogP contribution < -0.4 is 10.6 Å². The zero-order chi connectivity index (χ0) is 14.4. The Bertz CT molecular complexity index is 444. The van der Waals surface area contributed by atoms with E-state index in [2.05, 4.69) is 36.6 Å². The molecule has 2 unspecified atom stereocenters. The van der Waals surface area contributed by atoms with Crippen molar-refractivity contribution in [2.45, 2.75) is 52.0 Å². The van der Waals surface area contributed by atoms with Crippen molar-refractivity contribution < 1.29 is 4.79 Å². The normalized spacial score (nSPS) is 20.9. The summed E-state index contributed by atoms with van der Waals surface area (Å²) < 4.78 is 0. The van der Waals surface area contributed by atoms with Crippen molar-refractivity contribution in [2.75, 3.05) is 11.9 Å². The highest BCUT2D eigenvalue weighted by molar-refractivity contribution is 5.81. The number of anilines is 1. The maximum absolute atomic E-state index is 12.3. The zero-order valence-electron chi connectivity index (χ0n) is 12.6. The SMILES string of the molecule is CCCCCCNC(=O)C1Cc2ccccc2NC1C. The van der Waals surface area contributed by atoms with Crippen LogP contribution in [0.2, 0.25) is 0 Å². The summed E-state index contributed by atoms with van der Waals surface area (Å²) in [6.07, 6.45) is 5.62. The van der Waals surface area contributed by atoms with Gasteiger partial charge in [-0.1, -0.05) is 44.4 Å². The van der Waals surface area contributed by atoms with Gasteiger partial charge in [-0.2, -0.15) is 0 Å². The van der Waals surface area contributed by atoms with Gasteiger partial charge in [-0.25, -0.2) is 0 Å². The molecular weight excluding hydrogens is 248 g/mol. The summed E-state index contributed by atoms with van der Waals surface area (Å²) in [5.74, 6) is 0.229. The lowest BCUT2D eigenvalue weighted by atomic mass is 9.87. The Morgan fingerprint density at radius 1 is 1.30 bits per heavy atom. The number of fused-ring (bicyclic) bond motifs is 1. The van der Waals surface area contributed by atoms with Crippen LogP contribution in [0.15, 0.2) is 24.3 Å². The first kappa shape index (κ1) is 14.9. The van der Waals surface area contributed by atoms with Crippen LogP contribution in [0, 0.1) is 5.92 Å². The van der Waals surface area contributed by atoms with Gasteiger partial charge in [0, 0.05) is 18.3 Å². The van der Waals surface area contributed by atoms with Crippen LogP contribution in [0.1, 0.15) is 45.1 Å². The summed E-state index contributed by atoms with van der Waals surface area (Å²) in [5, 5.41) is 6.53. The highest BCUT2D eigenvalue weighted by atomic mass is 16.1. The topological polar surface area (TPSA) is 41.1 Å². The second-order valence-electron chi connectivity index (χ2n) is 5.75. The lowest BCUT2D eigenvalue weighted by Crippen LogP contribution is -2.43. The predicted octanol–water partition coefficient (Wildman–Crippen LogP) is 3.36. The molecule has 3 heteroatoms. The largest absolute Gasteiger partial charge is 0.382 e. The van der Waals surface area contributed by atoms with Gasteiger partial charge < -0.3 is 10.6 Å². The zero-order valence-corrected chi connectivity index (χ0v) is 12.6. The van der Waals surface area contributed by atoms with Crippen LogP contribution in [0.25, 0.3) is 0 Å². The van der Waals surface area contributed by atoms with Gasteiger partial charge in [0.2, 0.25) is 5.91 Å². The van der Waals surface area contributed by atoms with Gasteiger partial charge in [-0.3, -0.25) is 4.79 Å². The van der Waals surface area contributed by atoms with E-state index in [0.29, 0.717) is 0 Å². The molecular formula is C17H26N2O. The third kappa shape index (κ3) is 3.75. The molecule has 3 nitrogen and oxygen atoms in total. The van der Waals surface area contributed by atoms with Crippen molar-refractivity contribution in [3.63, 3.8) is 0 Å². The standard InChI is InChI=1S/C17H26N2O/c1-3-4-5-8-11-18-17(20)15-12-14-9-6-7-10-16(14)19-13(15)2/h6-7,9-10,13,15,19H,3-5,8,11-12H2,1-2H3,(H,18,20). The van der Waals surface area contributed by atoms with E-state index in [9.17, 15) is 4.79 Å². The highest BCUT2D eigenvalue weighted by Gasteiger charge is 2.29. The van der Waals surface area contributed by atoms with Crippen molar-refractivity contribution in [1.82, 2.24) is 5.32 Å². The van der Waals surface area contributed by atoms with Crippen LogP contribution in [0.3, 0.4) is 0 Å². The third-order valence-electron chi connectivity index (χ3n) is 4.11. The molecule has 1 aliphatic rings. The second kappa shape index (κ2) is 7.32. The summed E-state index contributed by atoms with van der Waals surface area (Å²) in [7, 11) is 0. The average Bonchev–Trinajstić information content (AvgIpc) is 2.46. The molecule has 2 rings (SSSR count). The second-order valence-corrected chi connectivity index (χ2v) is 5.75. The van der Waals surface area contributed by atoms with E-state index in [1.165, 1.54) is 30.5 Å². The minimum absolute atomic E-state index is 0.0380. The Labute approximate surface area is 122 Å². The average molecular weight is 274 g/mol. The smallest absolute Gasteiger partial charge is 0.225 e. The maximum Gasteiger partial charge on any atom is 0.225 e. The molecule has 1 aromatic carbocycles. The van der Waals surface area contributed by atoms with Gasteiger partial charge in [0.1, 0.15) is 0 Å². The van der Waals surface area contributed by atoms with E-state index in [-0.39, 0.29) is 17.9 Å². The quantitative estimate of drug-likeness (QED) is 0.781. The van der Waals surface area contributed by atoms with Crippen LogP contribution in [0.5, 0.6) is 0 Å². The monoisotopic (exact) mass is 274 g/mol. The molecule has 20 heavy (non-hydrogen) atoms. The fraction of sp³-hybridized carbons (Fsp3) is 0.588. The molecule has 110 valence electrons. The molecule has 1 aromatic rings. The first-order chi connectivity index (χ1) is 9.72. The molecule has 0 aromatic heterocycles. The minimum atomic E-state index is 0.0380. The number of amides is 1. The number of hydrogen-bond acceptors (Lipinski definition) is 2. The predicted molar refractivity (Wildman–Crippen MR) is 83.9 cm³/mol. The number of carbonyl (C=O) groups excluding carboxylic acids is 1. The van der Waals surface area contributed by atoms with Crippen LogP contribution >= 0.6 is 0 Å². The Hall–Kier alpha value is -1.51. The molecule has 2 atom stereocenters. The van der Waals surface area contributed by atoms with E-state index >= 15 is 0 Å². The van der Waals surface area contributed by atoms with Gasteiger partial charge in [0.25, 0.3) is 0 Å². The van der Waals surface area contributed by atoms with E-state index in [1.54, 1.807) is 0 Å². The molecule has 0 aliphatic carbocycles. The number of rotatable bonds is 6. The Morgan fingerprint density at radius 3 is 2.90 bits per heavy atom. The molecule has 0 fully saturated rings. The fourth-order valence-corrected chi connectivity index (χ4v) is 2.81. The molecule has 0 bridgehead atoms. The lowest BCUT2D eigenvalue weighted by Gasteiger charge is -2.31. The molecule has 1 heterocycles. The van der Waals surface area contributed by atoms with Crippen molar-refractivity contribution >= 4 is 11.6 Å². The van der Waals surface area contributed by atoms with Crippen molar-refractivity contribution in [3.05, 3.63) is 29.8 Å². The molecule has 1 amide bonds. The number of nitrogens with one attached hydrogen (secondary N) is 2.